The summed E-state index contributed by atoms with van der Waals surface area (Å²) in [5, 5.41) is 11.8. The van der Waals surface area contributed by atoms with Crippen LogP contribution in [0.25, 0.3) is 5.69 Å². The molecular formula is C15H10ClN5O3S. The van der Waals surface area contributed by atoms with Gasteiger partial charge in [0.1, 0.15) is 4.90 Å². The second kappa shape index (κ2) is 5.64. The molecule has 0 N–H and O–H groups in total. The number of halogens is 1. The number of nitrogens with zero attached hydrogens (tertiary/aromatic N) is 5. The molecule has 2 aromatic carbocycles. The Morgan fingerprint density at radius 2 is 1.76 bits per heavy atom. The summed E-state index contributed by atoms with van der Waals surface area (Å²) in [5.74, 6) is -0.381. The van der Waals surface area contributed by atoms with E-state index in [0.717, 1.165) is 4.31 Å². The van der Waals surface area contributed by atoms with Crippen LogP contribution in [0.1, 0.15) is 16.2 Å². The number of carbonyl (C=O) groups excluding carboxylic acids is 1. The van der Waals surface area contributed by atoms with Crippen LogP contribution in [0.5, 0.6) is 0 Å². The lowest BCUT2D eigenvalue weighted by atomic mass is 10.2. The number of rotatable bonds is 3. The first kappa shape index (κ1) is 15.7. The molecule has 1 aliphatic rings. The summed E-state index contributed by atoms with van der Waals surface area (Å²) in [4.78, 5) is 12.5. The standard InChI is InChI=1S/C15H10ClN5O3S/c16-10-5-7-11(8-6-10)21-14(17-18-19-21)9-20-15(22)12-3-1-2-4-13(12)25(20,23)24/h1-8H,9H2. The normalized spacial score (nSPS) is 15.4. The summed E-state index contributed by atoms with van der Waals surface area (Å²) in [6.07, 6.45) is 0. The van der Waals surface area contributed by atoms with Gasteiger partial charge in [-0.15, -0.1) is 5.10 Å². The van der Waals surface area contributed by atoms with E-state index in [4.69, 9.17) is 11.6 Å². The SMILES string of the molecule is O=C1c2ccccc2S(=O)(=O)N1Cc1nnnn1-c1ccc(Cl)cc1. The van der Waals surface area contributed by atoms with Gasteiger partial charge in [-0.05, 0) is 46.8 Å². The van der Waals surface area contributed by atoms with E-state index in [0.29, 0.717) is 10.7 Å². The van der Waals surface area contributed by atoms with Gasteiger partial charge in [0.25, 0.3) is 15.9 Å². The van der Waals surface area contributed by atoms with Crippen LogP contribution in [-0.2, 0) is 16.6 Å². The molecule has 0 spiro atoms. The number of hydrogen-bond acceptors (Lipinski definition) is 6. The third-order valence-electron chi connectivity index (χ3n) is 3.80. The molecule has 0 saturated heterocycles. The van der Waals surface area contributed by atoms with Crippen LogP contribution in [0, 0.1) is 0 Å². The van der Waals surface area contributed by atoms with Crippen molar-refractivity contribution in [3.8, 4) is 5.69 Å². The number of amides is 1. The average Bonchev–Trinajstić information content (AvgIpc) is 3.14. The second-order valence-electron chi connectivity index (χ2n) is 5.30. The summed E-state index contributed by atoms with van der Waals surface area (Å²) >= 11 is 5.87. The summed E-state index contributed by atoms with van der Waals surface area (Å²) in [6, 6.07) is 12.8. The van der Waals surface area contributed by atoms with Crippen molar-refractivity contribution in [2.45, 2.75) is 11.4 Å². The maximum absolute atomic E-state index is 12.6. The third kappa shape index (κ3) is 2.48. The molecule has 126 valence electrons. The van der Waals surface area contributed by atoms with E-state index < -0.39 is 15.9 Å². The minimum Gasteiger partial charge on any atom is -0.268 e. The lowest BCUT2D eigenvalue weighted by Crippen LogP contribution is -2.30. The molecule has 0 unspecified atom stereocenters. The fraction of sp³-hybridized carbons (Fsp3) is 0.0667. The molecule has 25 heavy (non-hydrogen) atoms. The van der Waals surface area contributed by atoms with Gasteiger partial charge in [0.15, 0.2) is 5.82 Å². The van der Waals surface area contributed by atoms with E-state index in [1.54, 1.807) is 36.4 Å². The van der Waals surface area contributed by atoms with Gasteiger partial charge in [0, 0.05) is 5.02 Å². The van der Waals surface area contributed by atoms with E-state index >= 15 is 0 Å². The van der Waals surface area contributed by atoms with Gasteiger partial charge in [-0.25, -0.2) is 12.7 Å². The third-order valence-corrected chi connectivity index (χ3v) is 5.84. The Balaban J connectivity index is 1.72. The molecule has 0 bridgehead atoms. The van der Waals surface area contributed by atoms with Crippen molar-refractivity contribution in [3.63, 3.8) is 0 Å². The lowest BCUT2D eigenvalue weighted by Gasteiger charge is -2.14. The van der Waals surface area contributed by atoms with E-state index in [2.05, 4.69) is 15.5 Å². The zero-order valence-corrected chi connectivity index (χ0v) is 14.1. The topological polar surface area (TPSA) is 98.1 Å². The van der Waals surface area contributed by atoms with Gasteiger partial charge in [0.2, 0.25) is 0 Å². The van der Waals surface area contributed by atoms with E-state index in [1.165, 1.54) is 16.8 Å². The van der Waals surface area contributed by atoms with Crippen LogP contribution in [0.15, 0.2) is 53.4 Å². The molecule has 0 fully saturated rings. The van der Waals surface area contributed by atoms with Crippen LogP contribution in [0.2, 0.25) is 5.02 Å². The maximum Gasteiger partial charge on any atom is 0.269 e. The largest absolute Gasteiger partial charge is 0.269 e. The number of aromatic nitrogens is 4. The van der Waals surface area contributed by atoms with Gasteiger partial charge in [-0.3, -0.25) is 4.79 Å². The number of hydrogen-bond donors (Lipinski definition) is 0. The zero-order chi connectivity index (χ0) is 17.6. The summed E-state index contributed by atoms with van der Waals surface area (Å²) in [6.45, 7) is -0.272. The number of benzene rings is 2. The smallest absolute Gasteiger partial charge is 0.268 e. The van der Waals surface area contributed by atoms with Gasteiger partial charge >= 0.3 is 0 Å². The van der Waals surface area contributed by atoms with Gasteiger partial charge < -0.3 is 0 Å². The first-order valence-corrected chi connectivity index (χ1v) is 8.99. The second-order valence-corrected chi connectivity index (χ2v) is 7.56. The van der Waals surface area contributed by atoms with Crippen LogP contribution >= 0.6 is 11.6 Å². The Morgan fingerprint density at radius 1 is 1.04 bits per heavy atom. The number of fused-ring (bicyclic) bond motifs is 1. The molecule has 10 heteroatoms. The molecule has 8 nitrogen and oxygen atoms in total. The molecular weight excluding hydrogens is 366 g/mol. The highest BCUT2D eigenvalue weighted by Gasteiger charge is 2.41. The predicted octanol–water partition coefficient (Wildman–Crippen LogP) is 1.66. The van der Waals surface area contributed by atoms with Crippen LogP contribution < -0.4 is 0 Å². The molecule has 2 heterocycles. The van der Waals surface area contributed by atoms with Crippen molar-refractivity contribution in [2.75, 3.05) is 0 Å². The van der Waals surface area contributed by atoms with Crippen molar-refractivity contribution in [1.82, 2.24) is 24.5 Å². The van der Waals surface area contributed by atoms with E-state index in [1.807, 2.05) is 0 Å². The first-order valence-electron chi connectivity index (χ1n) is 7.18. The van der Waals surface area contributed by atoms with Crippen LogP contribution in [-0.4, -0.2) is 38.8 Å². The average molecular weight is 376 g/mol. The summed E-state index contributed by atoms with van der Waals surface area (Å²) in [5.41, 5.74) is 0.749. The number of sulfonamides is 1. The highest BCUT2D eigenvalue weighted by atomic mass is 35.5. The Labute approximate surface area is 147 Å². The van der Waals surface area contributed by atoms with Crippen molar-refractivity contribution in [2.24, 2.45) is 0 Å². The fourth-order valence-corrected chi connectivity index (χ4v) is 4.25. The zero-order valence-electron chi connectivity index (χ0n) is 12.6. The van der Waals surface area contributed by atoms with Crippen LogP contribution in [0.3, 0.4) is 0 Å². The number of carbonyl (C=O) groups is 1. The molecule has 1 amide bonds. The summed E-state index contributed by atoms with van der Waals surface area (Å²) < 4.78 is 27.4. The number of tetrazole rings is 1. The monoisotopic (exact) mass is 375 g/mol. The van der Waals surface area contributed by atoms with E-state index in [-0.39, 0.29) is 22.8 Å². The van der Waals surface area contributed by atoms with Crippen molar-refractivity contribution in [3.05, 3.63) is 64.9 Å². The molecule has 0 radical (unpaired) electrons. The fourth-order valence-electron chi connectivity index (χ4n) is 2.60. The Bertz CT molecular complexity index is 1080. The molecule has 1 aromatic heterocycles. The Kier molecular flexibility index (Phi) is 3.55. The quantitative estimate of drug-likeness (QED) is 0.690. The summed E-state index contributed by atoms with van der Waals surface area (Å²) in [7, 11) is -3.92. The Hall–Kier alpha value is -2.78. The van der Waals surface area contributed by atoms with Crippen molar-refractivity contribution >= 4 is 27.5 Å². The molecule has 1 aliphatic heterocycles. The minimum atomic E-state index is -3.92. The van der Waals surface area contributed by atoms with E-state index in [9.17, 15) is 13.2 Å². The van der Waals surface area contributed by atoms with Crippen LogP contribution in [0.4, 0.5) is 0 Å². The molecule has 0 aliphatic carbocycles. The first-order chi connectivity index (χ1) is 12.0. The highest BCUT2D eigenvalue weighted by Crippen LogP contribution is 2.31. The van der Waals surface area contributed by atoms with Gasteiger partial charge in [-0.1, -0.05) is 23.7 Å². The van der Waals surface area contributed by atoms with Crippen molar-refractivity contribution < 1.29 is 13.2 Å². The van der Waals surface area contributed by atoms with Gasteiger partial charge in [-0.2, -0.15) is 4.68 Å². The molecule has 0 atom stereocenters. The Morgan fingerprint density at radius 3 is 2.48 bits per heavy atom. The highest BCUT2D eigenvalue weighted by molar-refractivity contribution is 7.90. The molecule has 4 rings (SSSR count). The lowest BCUT2D eigenvalue weighted by molar-refractivity contribution is 0.0862. The van der Waals surface area contributed by atoms with Gasteiger partial charge in [0.05, 0.1) is 17.8 Å². The molecule has 3 aromatic rings. The van der Waals surface area contributed by atoms with Crippen molar-refractivity contribution in [1.29, 1.82) is 0 Å². The minimum absolute atomic E-state index is 0.00878. The molecule has 0 saturated carbocycles. The predicted molar refractivity (Wildman–Crippen MR) is 87.7 cm³/mol. The maximum atomic E-state index is 12.6.